The first kappa shape index (κ1) is 21.5. The van der Waals surface area contributed by atoms with Crippen molar-refractivity contribution >= 4 is 29.4 Å². The number of rotatable bonds is 4. The Balaban J connectivity index is 1.86. The van der Waals surface area contributed by atoms with Gasteiger partial charge in [0.2, 0.25) is 0 Å². The Hall–Kier alpha value is -3.78. The molecular weight excluding hydrogens is 428 g/mol. The summed E-state index contributed by atoms with van der Waals surface area (Å²) in [6, 6.07) is 15.6. The van der Waals surface area contributed by atoms with Gasteiger partial charge in [0, 0.05) is 6.92 Å². The summed E-state index contributed by atoms with van der Waals surface area (Å²) in [6.07, 6.45) is 1.75. The Morgan fingerprint density at radius 3 is 2.41 bits per heavy atom. The molecule has 0 aliphatic carbocycles. The molecule has 1 atom stereocenters. The minimum Gasteiger partial charge on any atom is -0.466 e. The normalized spacial score (nSPS) is 15.7. The molecule has 8 heteroatoms. The number of thiazole rings is 1. The van der Waals surface area contributed by atoms with Crippen LogP contribution in [0, 0.1) is 0 Å². The summed E-state index contributed by atoms with van der Waals surface area (Å²) in [5, 5.41) is 0. The van der Waals surface area contributed by atoms with Crippen molar-refractivity contribution in [3.63, 3.8) is 0 Å². The third-order valence-corrected chi connectivity index (χ3v) is 5.96. The van der Waals surface area contributed by atoms with Crippen LogP contribution in [0.4, 0.5) is 0 Å². The monoisotopic (exact) mass is 448 g/mol. The largest absolute Gasteiger partial charge is 0.466 e. The molecule has 1 aliphatic rings. The van der Waals surface area contributed by atoms with Gasteiger partial charge in [0.15, 0.2) is 4.80 Å². The standard InChI is InChI=1S/C24H20N2O5S/c1-14-20(23(29)30-3)21(17-7-5-4-6-8-17)26-22(28)19(32-24(26)25-14)13-16-9-11-18(12-10-16)31-15(2)27/h4-13,21H,1-3H3/t21-/m1/s1. The maximum atomic E-state index is 13.4. The number of methoxy groups -OCH3 is 1. The number of carbonyl (C=O) groups is 2. The minimum absolute atomic E-state index is 0.249. The molecule has 0 spiro atoms. The highest BCUT2D eigenvalue weighted by atomic mass is 32.1. The van der Waals surface area contributed by atoms with E-state index in [-0.39, 0.29) is 5.56 Å². The van der Waals surface area contributed by atoms with Gasteiger partial charge in [-0.2, -0.15) is 0 Å². The lowest BCUT2D eigenvalue weighted by atomic mass is 9.96. The Morgan fingerprint density at radius 1 is 1.09 bits per heavy atom. The minimum atomic E-state index is -0.631. The molecule has 0 bridgehead atoms. The van der Waals surface area contributed by atoms with Crippen LogP contribution in [-0.2, 0) is 14.3 Å². The van der Waals surface area contributed by atoms with E-state index in [0.717, 1.165) is 11.1 Å². The van der Waals surface area contributed by atoms with E-state index in [9.17, 15) is 14.4 Å². The van der Waals surface area contributed by atoms with Crippen LogP contribution >= 0.6 is 11.3 Å². The second-order valence-corrected chi connectivity index (χ2v) is 8.16. The van der Waals surface area contributed by atoms with Crippen molar-refractivity contribution in [2.75, 3.05) is 7.11 Å². The van der Waals surface area contributed by atoms with Crippen molar-refractivity contribution in [3.8, 4) is 5.75 Å². The molecule has 0 N–H and O–H groups in total. The number of carbonyl (C=O) groups excluding carboxylic acids is 2. The van der Waals surface area contributed by atoms with E-state index in [2.05, 4.69) is 4.99 Å². The Bertz CT molecular complexity index is 1400. The van der Waals surface area contributed by atoms with Gasteiger partial charge >= 0.3 is 11.9 Å². The van der Waals surface area contributed by atoms with E-state index in [4.69, 9.17) is 9.47 Å². The van der Waals surface area contributed by atoms with Crippen LogP contribution in [0.25, 0.3) is 6.08 Å². The molecule has 0 radical (unpaired) electrons. The summed E-state index contributed by atoms with van der Waals surface area (Å²) < 4.78 is 12.1. The van der Waals surface area contributed by atoms with Gasteiger partial charge in [-0.05, 0) is 36.3 Å². The van der Waals surface area contributed by atoms with Gasteiger partial charge in [-0.3, -0.25) is 14.2 Å². The molecule has 0 saturated heterocycles. The first-order chi connectivity index (χ1) is 15.4. The SMILES string of the molecule is COC(=O)C1=C(C)N=c2sc(=Cc3ccc(OC(C)=O)cc3)c(=O)n2[C@@H]1c1ccccc1. The Morgan fingerprint density at radius 2 is 1.78 bits per heavy atom. The van der Waals surface area contributed by atoms with E-state index in [1.54, 1.807) is 37.3 Å². The van der Waals surface area contributed by atoms with Crippen LogP contribution < -0.4 is 19.6 Å². The van der Waals surface area contributed by atoms with E-state index in [0.29, 0.717) is 26.4 Å². The van der Waals surface area contributed by atoms with Crippen molar-refractivity contribution in [1.82, 2.24) is 4.57 Å². The molecule has 32 heavy (non-hydrogen) atoms. The van der Waals surface area contributed by atoms with Gasteiger partial charge < -0.3 is 9.47 Å². The molecule has 0 amide bonds. The number of ether oxygens (including phenoxy) is 2. The average molecular weight is 449 g/mol. The maximum absolute atomic E-state index is 13.4. The fraction of sp³-hybridized carbons (Fsp3) is 0.167. The van der Waals surface area contributed by atoms with Gasteiger partial charge in [0.1, 0.15) is 5.75 Å². The lowest BCUT2D eigenvalue weighted by Gasteiger charge is -2.24. The lowest BCUT2D eigenvalue weighted by Crippen LogP contribution is -2.39. The summed E-state index contributed by atoms with van der Waals surface area (Å²) >= 11 is 1.25. The summed E-state index contributed by atoms with van der Waals surface area (Å²) in [5.41, 5.74) is 2.17. The molecule has 0 saturated carbocycles. The van der Waals surface area contributed by atoms with Crippen LogP contribution in [0.2, 0.25) is 0 Å². The quantitative estimate of drug-likeness (QED) is 0.452. The number of fused-ring (bicyclic) bond motifs is 1. The average Bonchev–Trinajstić information content (AvgIpc) is 3.08. The highest BCUT2D eigenvalue weighted by molar-refractivity contribution is 7.07. The van der Waals surface area contributed by atoms with Crippen molar-refractivity contribution in [2.24, 2.45) is 4.99 Å². The van der Waals surface area contributed by atoms with Crippen molar-refractivity contribution in [3.05, 3.63) is 96.7 Å². The van der Waals surface area contributed by atoms with Crippen molar-refractivity contribution < 1.29 is 19.1 Å². The molecule has 3 aromatic rings. The molecular formula is C24H20N2O5S. The summed E-state index contributed by atoms with van der Waals surface area (Å²) in [4.78, 5) is 42.1. The molecule has 2 aromatic carbocycles. The van der Waals surface area contributed by atoms with Crippen LogP contribution in [-0.4, -0.2) is 23.6 Å². The fourth-order valence-electron chi connectivity index (χ4n) is 3.59. The second-order valence-electron chi connectivity index (χ2n) is 7.15. The topological polar surface area (TPSA) is 87.0 Å². The third kappa shape index (κ3) is 4.04. The van der Waals surface area contributed by atoms with E-state index in [1.807, 2.05) is 30.3 Å². The van der Waals surface area contributed by atoms with Gasteiger partial charge in [0.05, 0.1) is 29.0 Å². The van der Waals surface area contributed by atoms with Crippen LogP contribution in [0.5, 0.6) is 5.75 Å². The zero-order chi connectivity index (χ0) is 22.8. The van der Waals surface area contributed by atoms with Crippen LogP contribution in [0.1, 0.15) is 31.0 Å². The van der Waals surface area contributed by atoms with Gasteiger partial charge in [0.25, 0.3) is 5.56 Å². The molecule has 0 unspecified atom stereocenters. The number of benzene rings is 2. The second kappa shape index (κ2) is 8.76. The maximum Gasteiger partial charge on any atom is 0.338 e. The first-order valence-electron chi connectivity index (χ1n) is 9.83. The Labute approximate surface area is 187 Å². The number of aromatic nitrogens is 1. The van der Waals surface area contributed by atoms with Crippen LogP contribution in [0.3, 0.4) is 0 Å². The van der Waals surface area contributed by atoms with E-state index < -0.39 is 18.0 Å². The predicted molar refractivity (Wildman–Crippen MR) is 120 cm³/mol. The summed E-state index contributed by atoms with van der Waals surface area (Å²) in [5.74, 6) is -0.488. The molecule has 4 rings (SSSR count). The van der Waals surface area contributed by atoms with Gasteiger partial charge in [-0.1, -0.05) is 53.8 Å². The number of esters is 2. The predicted octanol–water partition coefficient (Wildman–Crippen LogP) is 2.33. The van der Waals surface area contributed by atoms with Gasteiger partial charge in [-0.15, -0.1) is 0 Å². The van der Waals surface area contributed by atoms with Gasteiger partial charge in [-0.25, -0.2) is 9.79 Å². The summed E-state index contributed by atoms with van der Waals surface area (Å²) in [7, 11) is 1.31. The van der Waals surface area contributed by atoms with E-state index >= 15 is 0 Å². The zero-order valence-electron chi connectivity index (χ0n) is 17.7. The Kier molecular flexibility index (Phi) is 5.87. The molecule has 1 aliphatic heterocycles. The lowest BCUT2D eigenvalue weighted by molar-refractivity contribution is -0.136. The number of hydrogen-bond acceptors (Lipinski definition) is 7. The number of nitrogens with zero attached hydrogens (tertiary/aromatic N) is 2. The molecule has 1 aromatic heterocycles. The highest BCUT2D eigenvalue weighted by Gasteiger charge is 2.32. The zero-order valence-corrected chi connectivity index (χ0v) is 18.5. The molecule has 162 valence electrons. The fourth-order valence-corrected chi connectivity index (χ4v) is 4.64. The molecule has 2 heterocycles. The van der Waals surface area contributed by atoms with E-state index in [1.165, 1.54) is 29.9 Å². The summed E-state index contributed by atoms with van der Waals surface area (Å²) in [6.45, 7) is 3.08. The molecule has 0 fully saturated rings. The van der Waals surface area contributed by atoms with Crippen LogP contribution in [0.15, 0.2) is 75.7 Å². The number of hydrogen-bond donors (Lipinski definition) is 0. The number of allylic oxidation sites excluding steroid dienone is 1. The first-order valence-corrected chi connectivity index (χ1v) is 10.6. The highest BCUT2D eigenvalue weighted by Crippen LogP contribution is 2.30. The van der Waals surface area contributed by atoms with Crippen molar-refractivity contribution in [1.29, 1.82) is 0 Å². The molecule has 7 nitrogen and oxygen atoms in total. The smallest absolute Gasteiger partial charge is 0.338 e. The van der Waals surface area contributed by atoms with Crippen molar-refractivity contribution in [2.45, 2.75) is 19.9 Å². The third-order valence-electron chi connectivity index (χ3n) is 4.98.